The van der Waals surface area contributed by atoms with Gasteiger partial charge in [0, 0.05) is 22.0 Å². The molecule has 1 aliphatic heterocycles. The maximum Gasteiger partial charge on any atom is 0.321 e. The number of carboxylic acids is 1. The molecular weight excluding hydrogens is 392 g/mol. The van der Waals surface area contributed by atoms with Gasteiger partial charge in [0.15, 0.2) is 0 Å². The predicted molar refractivity (Wildman–Crippen MR) is 82.7 cm³/mol. The van der Waals surface area contributed by atoms with Gasteiger partial charge in [-0.15, -0.1) is 0 Å². The van der Waals surface area contributed by atoms with Crippen LogP contribution in [0.3, 0.4) is 0 Å². The molecule has 2 atom stereocenters. The van der Waals surface area contributed by atoms with Crippen LogP contribution in [0.1, 0.15) is 6.92 Å². The summed E-state index contributed by atoms with van der Waals surface area (Å²) in [5, 5.41) is 11.9. The van der Waals surface area contributed by atoms with Crippen molar-refractivity contribution < 1.29 is 14.7 Å². The number of benzene rings is 1. The summed E-state index contributed by atoms with van der Waals surface area (Å²) in [5.74, 6) is -1.38. The van der Waals surface area contributed by atoms with Gasteiger partial charge in [0.1, 0.15) is 0 Å². The van der Waals surface area contributed by atoms with Gasteiger partial charge in [0.05, 0.1) is 11.6 Å². The molecule has 0 saturated carbocycles. The van der Waals surface area contributed by atoms with Crippen LogP contribution < -0.4 is 5.32 Å². The molecule has 0 unspecified atom stereocenters. The number of halogens is 2. The Labute approximate surface area is 133 Å². The lowest BCUT2D eigenvalue weighted by Gasteiger charge is -2.17. The lowest BCUT2D eigenvalue weighted by molar-refractivity contribution is -0.142. The van der Waals surface area contributed by atoms with Gasteiger partial charge < -0.3 is 15.3 Å². The van der Waals surface area contributed by atoms with E-state index in [4.69, 9.17) is 5.11 Å². The van der Waals surface area contributed by atoms with Gasteiger partial charge in [-0.3, -0.25) is 4.79 Å². The Morgan fingerprint density at radius 2 is 2.05 bits per heavy atom. The monoisotopic (exact) mass is 404 g/mol. The molecule has 0 aromatic heterocycles. The Hall–Kier alpha value is -1.08. The minimum absolute atomic E-state index is 0.0355. The molecule has 108 valence electrons. The highest BCUT2D eigenvalue weighted by atomic mass is 79.9. The van der Waals surface area contributed by atoms with E-state index in [9.17, 15) is 9.59 Å². The van der Waals surface area contributed by atoms with E-state index in [-0.39, 0.29) is 18.5 Å². The number of rotatable bonds is 2. The van der Waals surface area contributed by atoms with E-state index >= 15 is 0 Å². The number of hydrogen-bond donors (Lipinski definition) is 2. The normalized spacial score (nSPS) is 21.9. The number of hydrogen-bond acceptors (Lipinski definition) is 2. The van der Waals surface area contributed by atoms with E-state index in [1.807, 2.05) is 19.1 Å². The third-order valence-corrected chi connectivity index (χ3v) is 4.54. The van der Waals surface area contributed by atoms with E-state index in [0.717, 1.165) is 8.95 Å². The third kappa shape index (κ3) is 3.32. The first-order valence-electron chi connectivity index (χ1n) is 6.12. The van der Waals surface area contributed by atoms with Gasteiger partial charge in [0.25, 0.3) is 0 Å². The second kappa shape index (κ2) is 6.13. The van der Waals surface area contributed by atoms with Crippen molar-refractivity contribution in [2.45, 2.75) is 6.92 Å². The fourth-order valence-corrected chi connectivity index (χ4v) is 3.39. The number of carbonyl (C=O) groups is 2. The molecule has 1 heterocycles. The summed E-state index contributed by atoms with van der Waals surface area (Å²) in [6.45, 7) is 2.55. The highest BCUT2D eigenvalue weighted by molar-refractivity contribution is 9.11. The van der Waals surface area contributed by atoms with Crippen LogP contribution in [0.25, 0.3) is 0 Å². The van der Waals surface area contributed by atoms with Crippen LogP contribution in [0.4, 0.5) is 10.5 Å². The predicted octanol–water partition coefficient (Wildman–Crippen LogP) is 3.40. The average Bonchev–Trinajstić information content (AvgIpc) is 2.75. The number of aliphatic carboxylic acids is 1. The molecule has 0 aliphatic carbocycles. The van der Waals surface area contributed by atoms with E-state index in [1.165, 1.54) is 4.90 Å². The first-order chi connectivity index (χ1) is 9.38. The van der Waals surface area contributed by atoms with Crippen LogP contribution in [-0.4, -0.2) is 35.1 Å². The number of carboxylic acid groups (broad SMARTS) is 1. The summed E-state index contributed by atoms with van der Waals surface area (Å²) < 4.78 is 1.67. The molecule has 1 aromatic rings. The number of nitrogens with zero attached hydrogens (tertiary/aromatic N) is 1. The van der Waals surface area contributed by atoms with Gasteiger partial charge in [-0.2, -0.15) is 0 Å². The molecule has 0 radical (unpaired) electrons. The SMILES string of the molecule is C[C@@H]1CN(C(=O)Nc2ccc(Br)cc2Br)C[C@H]1C(=O)O. The highest BCUT2D eigenvalue weighted by Crippen LogP contribution is 2.28. The largest absolute Gasteiger partial charge is 0.481 e. The number of likely N-dealkylation sites (tertiary alicyclic amines) is 1. The van der Waals surface area contributed by atoms with Crippen LogP contribution in [-0.2, 0) is 4.79 Å². The number of amides is 2. The maximum absolute atomic E-state index is 12.2. The van der Waals surface area contributed by atoms with Gasteiger partial charge in [-0.1, -0.05) is 22.9 Å². The van der Waals surface area contributed by atoms with Crippen LogP contribution in [0.5, 0.6) is 0 Å². The fraction of sp³-hybridized carbons (Fsp3) is 0.385. The highest BCUT2D eigenvalue weighted by Gasteiger charge is 2.37. The molecule has 1 fully saturated rings. The molecule has 0 spiro atoms. The zero-order valence-corrected chi connectivity index (χ0v) is 13.9. The third-order valence-electron chi connectivity index (χ3n) is 3.39. The number of urea groups is 1. The van der Waals surface area contributed by atoms with Gasteiger partial charge in [-0.05, 0) is 40.0 Å². The minimum Gasteiger partial charge on any atom is -0.481 e. The Kier molecular flexibility index (Phi) is 4.70. The van der Waals surface area contributed by atoms with Crippen LogP contribution in [0.2, 0.25) is 0 Å². The smallest absolute Gasteiger partial charge is 0.321 e. The van der Waals surface area contributed by atoms with E-state index in [0.29, 0.717) is 12.2 Å². The molecule has 2 N–H and O–H groups in total. The lowest BCUT2D eigenvalue weighted by Crippen LogP contribution is -2.33. The Morgan fingerprint density at radius 1 is 1.35 bits per heavy atom. The summed E-state index contributed by atoms with van der Waals surface area (Å²) in [6.07, 6.45) is 0. The van der Waals surface area contributed by atoms with Gasteiger partial charge in [0.2, 0.25) is 0 Å². The average molecular weight is 406 g/mol. The number of carbonyl (C=O) groups excluding carboxylic acids is 1. The van der Waals surface area contributed by atoms with Crippen molar-refractivity contribution in [3.8, 4) is 0 Å². The van der Waals surface area contributed by atoms with Crippen molar-refractivity contribution in [1.82, 2.24) is 4.90 Å². The zero-order valence-electron chi connectivity index (χ0n) is 10.8. The fourth-order valence-electron chi connectivity index (χ4n) is 2.24. The van der Waals surface area contributed by atoms with Gasteiger partial charge in [-0.25, -0.2) is 4.79 Å². The maximum atomic E-state index is 12.2. The van der Waals surface area contributed by atoms with Crippen LogP contribution in [0.15, 0.2) is 27.1 Å². The number of anilines is 1. The van der Waals surface area contributed by atoms with Crippen molar-refractivity contribution in [1.29, 1.82) is 0 Å². The van der Waals surface area contributed by atoms with Crippen molar-refractivity contribution >= 4 is 49.5 Å². The zero-order chi connectivity index (χ0) is 14.9. The summed E-state index contributed by atoms with van der Waals surface area (Å²) in [7, 11) is 0. The molecule has 2 rings (SSSR count). The Morgan fingerprint density at radius 3 is 2.60 bits per heavy atom. The van der Waals surface area contributed by atoms with Crippen LogP contribution in [0, 0.1) is 11.8 Å². The minimum atomic E-state index is -0.849. The Bertz CT molecular complexity index is 550. The summed E-state index contributed by atoms with van der Waals surface area (Å²) in [5.41, 5.74) is 0.657. The standard InChI is InChI=1S/C13H14Br2N2O3/c1-7-5-17(6-9(7)12(18)19)13(20)16-11-3-2-8(14)4-10(11)15/h2-4,7,9H,5-6H2,1H3,(H,16,20)(H,18,19)/t7-,9-/m1/s1. The first kappa shape index (κ1) is 15.3. The number of nitrogens with one attached hydrogen (secondary N) is 1. The first-order valence-corrected chi connectivity index (χ1v) is 7.71. The summed E-state index contributed by atoms with van der Waals surface area (Å²) in [6, 6.07) is 5.17. The van der Waals surface area contributed by atoms with Crippen molar-refractivity contribution in [3.63, 3.8) is 0 Å². The molecule has 1 saturated heterocycles. The van der Waals surface area contributed by atoms with E-state index in [1.54, 1.807) is 6.07 Å². The molecular formula is C13H14Br2N2O3. The Balaban J connectivity index is 2.04. The lowest BCUT2D eigenvalue weighted by atomic mass is 9.99. The topological polar surface area (TPSA) is 69.6 Å². The van der Waals surface area contributed by atoms with E-state index in [2.05, 4.69) is 37.2 Å². The quantitative estimate of drug-likeness (QED) is 0.792. The molecule has 20 heavy (non-hydrogen) atoms. The van der Waals surface area contributed by atoms with Crippen molar-refractivity contribution in [2.24, 2.45) is 11.8 Å². The summed E-state index contributed by atoms with van der Waals surface area (Å²) >= 11 is 6.72. The van der Waals surface area contributed by atoms with Crippen molar-refractivity contribution in [3.05, 3.63) is 27.1 Å². The van der Waals surface area contributed by atoms with Gasteiger partial charge >= 0.3 is 12.0 Å². The van der Waals surface area contributed by atoms with Crippen LogP contribution >= 0.6 is 31.9 Å². The molecule has 7 heteroatoms. The molecule has 1 aliphatic rings. The van der Waals surface area contributed by atoms with E-state index < -0.39 is 11.9 Å². The molecule has 2 amide bonds. The second-order valence-corrected chi connectivity index (χ2v) is 6.65. The van der Waals surface area contributed by atoms with Crippen molar-refractivity contribution in [2.75, 3.05) is 18.4 Å². The molecule has 0 bridgehead atoms. The molecule has 1 aromatic carbocycles. The molecule has 5 nitrogen and oxygen atoms in total. The second-order valence-electron chi connectivity index (χ2n) is 4.88. The summed E-state index contributed by atoms with van der Waals surface area (Å²) in [4.78, 5) is 24.8.